The van der Waals surface area contributed by atoms with Crippen LogP contribution in [0.5, 0.6) is 5.75 Å². The van der Waals surface area contributed by atoms with Crippen molar-refractivity contribution >= 4 is 28.5 Å². The number of ether oxygens (including phenoxy) is 4. The lowest BCUT2D eigenvalue weighted by atomic mass is 10.1. The number of nitrogens with zero attached hydrogens (tertiary/aromatic N) is 2. The summed E-state index contributed by atoms with van der Waals surface area (Å²) >= 11 is 0. The number of methoxy groups -OCH3 is 1. The third-order valence-corrected chi connectivity index (χ3v) is 6.65. The zero-order valence-electron chi connectivity index (χ0n) is 20.2. The van der Waals surface area contributed by atoms with Crippen molar-refractivity contribution in [2.45, 2.75) is 24.4 Å². The van der Waals surface area contributed by atoms with E-state index in [0.29, 0.717) is 18.2 Å². The maximum atomic E-state index is 12.7. The van der Waals surface area contributed by atoms with Gasteiger partial charge in [-0.05, 0) is 41.8 Å². The first-order chi connectivity index (χ1) is 18.2. The van der Waals surface area contributed by atoms with Crippen molar-refractivity contribution in [1.29, 1.82) is 0 Å². The van der Waals surface area contributed by atoms with Crippen LogP contribution in [0.3, 0.4) is 0 Å². The SMILES string of the molecule is COc1ccc(-c2ccnc(N[C@H]3CO[C@H]4[C@@H]3OC[C@H]4OC(=O)Nc3cccc4ccccc34)n2)cc1. The predicted octanol–water partition coefficient (Wildman–Crippen LogP) is 4.50. The molecule has 0 bridgehead atoms. The summed E-state index contributed by atoms with van der Waals surface area (Å²) in [6, 6.07) is 23.0. The summed E-state index contributed by atoms with van der Waals surface area (Å²) in [6.45, 7) is 0.638. The summed E-state index contributed by atoms with van der Waals surface area (Å²) < 4.78 is 22.9. The third kappa shape index (κ3) is 4.78. The van der Waals surface area contributed by atoms with Gasteiger partial charge in [0.1, 0.15) is 18.0 Å². The Kier molecular flexibility index (Phi) is 6.30. The number of rotatable bonds is 6. The number of hydrogen-bond acceptors (Lipinski definition) is 8. The summed E-state index contributed by atoms with van der Waals surface area (Å²) in [5, 5.41) is 8.16. The van der Waals surface area contributed by atoms with Crippen molar-refractivity contribution in [3.05, 3.63) is 79.0 Å². The molecule has 3 heterocycles. The van der Waals surface area contributed by atoms with Gasteiger partial charge in [0, 0.05) is 17.1 Å². The van der Waals surface area contributed by atoms with Gasteiger partial charge in [-0.2, -0.15) is 0 Å². The van der Waals surface area contributed by atoms with Crippen molar-refractivity contribution in [2.75, 3.05) is 31.0 Å². The van der Waals surface area contributed by atoms with Crippen LogP contribution in [0, 0.1) is 0 Å². The summed E-state index contributed by atoms with van der Waals surface area (Å²) in [5.41, 5.74) is 2.43. The van der Waals surface area contributed by atoms with Crippen LogP contribution in [-0.2, 0) is 14.2 Å². The number of carbonyl (C=O) groups is 1. The van der Waals surface area contributed by atoms with E-state index < -0.39 is 12.2 Å². The highest BCUT2D eigenvalue weighted by molar-refractivity contribution is 6.00. The monoisotopic (exact) mass is 498 g/mol. The first-order valence-electron chi connectivity index (χ1n) is 12.1. The van der Waals surface area contributed by atoms with E-state index in [1.807, 2.05) is 72.8 Å². The Hall–Kier alpha value is -4.21. The van der Waals surface area contributed by atoms with Crippen molar-refractivity contribution < 1.29 is 23.7 Å². The maximum Gasteiger partial charge on any atom is 0.412 e. The van der Waals surface area contributed by atoms with Gasteiger partial charge in [-0.15, -0.1) is 0 Å². The van der Waals surface area contributed by atoms with E-state index in [1.165, 1.54) is 0 Å². The molecular weight excluding hydrogens is 472 g/mol. The molecule has 2 N–H and O–H groups in total. The molecule has 1 amide bonds. The fourth-order valence-electron chi connectivity index (χ4n) is 4.82. The molecule has 3 aromatic carbocycles. The first kappa shape index (κ1) is 23.2. The molecule has 0 aliphatic carbocycles. The lowest BCUT2D eigenvalue weighted by molar-refractivity contribution is 0.00917. The van der Waals surface area contributed by atoms with E-state index in [1.54, 1.807) is 13.3 Å². The van der Waals surface area contributed by atoms with E-state index >= 15 is 0 Å². The van der Waals surface area contributed by atoms with Crippen molar-refractivity contribution in [1.82, 2.24) is 9.97 Å². The molecule has 4 aromatic rings. The molecule has 9 heteroatoms. The fraction of sp³-hybridized carbons (Fsp3) is 0.250. The topological polar surface area (TPSA) is 104 Å². The molecule has 188 valence electrons. The number of carbonyl (C=O) groups excluding carboxylic acids is 1. The zero-order chi connectivity index (χ0) is 25.2. The molecule has 4 atom stereocenters. The van der Waals surface area contributed by atoms with Crippen LogP contribution in [-0.4, -0.2) is 60.7 Å². The van der Waals surface area contributed by atoms with Gasteiger partial charge in [0.25, 0.3) is 0 Å². The molecule has 0 radical (unpaired) electrons. The molecule has 9 nitrogen and oxygen atoms in total. The molecule has 0 saturated carbocycles. The molecule has 2 saturated heterocycles. The largest absolute Gasteiger partial charge is 0.497 e. The Morgan fingerprint density at radius 1 is 0.946 bits per heavy atom. The van der Waals surface area contributed by atoms with E-state index in [-0.39, 0.29) is 24.9 Å². The highest BCUT2D eigenvalue weighted by atomic mass is 16.6. The first-order valence-corrected chi connectivity index (χ1v) is 12.1. The van der Waals surface area contributed by atoms with Gasteiger partial charge >= 0.3 is 6.09 Å². The molecule has 6 rings (SSSR count). The van der Waals surface area contributed by atoms with Crippen LogP contribution >= 0.6 is 0 Å². The quantitative estimate of drug-likeness (QED) is 0.401. The number of fused-ring (bicyclic) bond motifs is 2. The molecule has 1 aromatic heterocycles. The lowest BCUT2D eigenvalue weighted by Gasteiger charge is -2.18. The van der Waals surface area contributed by atoms with Crippen LogP contribution in [0.25, 0.3) is 22.0 Å². The van der Waals surface area contributed by atoms with Gasteiger partial charge in [0.05, 0.1) is 37.7 Å². The fourth-order valence-corrected chi connectivity index (χ4v) is 4.82. The molecule has 2 fully saturated rings. The Labute approximate surface area is 213 Å². The van der Waals surface area contributed by atoms with Crippen LogP contribution in [0.15, 0.2) is 79.0 Å². The van der Waals surface area contributed by atoms with E-state index in [4.69, 9.17) is 18.9 Å². The normalized spacial score (nSPS) is 22.4. The summed E-state index contributed by atoms with van der Waals surface area (Å²) in [5.74, 6) is 1.26. The van der Waals surface area contributed by atoms with E-state index in [9.17, 15) is 4.79 Å². The van der Waals surface area contributed by atoms with Crippen molar-refractivity contribution in [2.24, 2.45) is 0 Å². The molecule has 0 unspecified atom stereocenters. The number of benzene rings is 3. The van der Waals surface area contributed by atoms with Crippen LogP contribution in [0.4, 0.5) is 16.4 Å². The highest BCUT2D eigenvalue weighted by Gasteiger charge is 2.49. The Morgan fingerprint density at radius 3 is 2.62 bits per heavy atom. The van der Waals surface area contributed by atoms with E-state index in [0.717, 1.165) is 27.8 Å². The minimum Gasteiger partial charge on any atom is -0.497 e. The van der Waals surface area contributed by atoms with E-state index in [2.05, 4.69) is 20.6 Å². The molecule has 0 spiro atoms. The average molecular weight is 499 g/mol. The number of nitrogens with one attached hydrogen (secondary N) is 2. The maximum absolute atomic E-state index is 12.7. The Morgan fingerprint density at radius 2 is 1.76 bits per heavy atom. The van der Waals surface area contributed by atoms with Gasteiger partial charge in [0.2, 0.25) is 5.95 Å². The molecule has 2 aliphatic heterocycles. The van der Waals surface area contributed by atoms with Gasteiger partial charge in [-0.25, -0.2) is 14.8 Å². The van der Waals surface area contributed by atoms with Crippen molar-refractivity contribution in [3.63, 3.8) is 0 Å². The van der Waals surface area contributed by atoms with Gasteiger partial charge in [-0.3, -0.25) is 5.32 Å². The highest BCUT2D eigenvalue weighted by Crippen LogP contribution is 2.31. The summed E-state index contributed by atoms with van der Waals surface area (Å²) in [4.78, 5) is 21.7. The summed E-state index contributed by atoms with van der Waals surface area (Å²) in [7, 11) is 1.64. The van der Waals surface area contributed by atoms with Crippen LogP contribution in [0.2, 0.25) is 0 Å². The van der Waals surface area contributed by atoms with Crippen LogP contribution < -0.4 is 15.4 Å². The van der Waals surface area contributed by atoms with Crippen molar-refractivity contribution in [3.8, 4) is 17.0 Å². The van der Waals surface area contributed by atoms with Gasteiger partial charge in [0.15, 0.2) is 6.10 Å². The van der Waals surface area contributed by atoms with Gasteiger partial charge in [-0.1, -0.05) is 36.4 Å². The average Bonchev–Trinajstić information content (AvgIpc) is 3.52. The second-order valence-corrected chi connectivity index (χ2v) is 8.94. The molecule has 2 aliphatic rings. The minimum atomic E-state index is -0.541. The zero-order valence-corrected chi connectivity index (χ0v) is 20.2. The molecule has 37 heavy (non-hydrogen) atoms. The second-order valence-electron chi connectivity index (χ2n) is 8.94. The predicted molar refractivity (Wildman–Crippen MR) is 139 cm³/mol. The number of amides is 1. The lowest BCUT2D eigenvalue weighted by Crippen LogP contribution is -2.38. The van der Waals surface area contributed by atoms with Crippen LogP contribution in [0.1, 0.15) is 0 Å². The minimum absolute atomic E-state index is 0.175. The smallest absolute Gasteiger partial charge is 0.412 e. The summed E-state index contributed by atoms with van der Waals surface area (Å²) in [6.07, 6.45) is -0.00933. The number of aromatic nitrogens is 2. The molecular formula is C28H26N4O5. The standard InChI is InChI=1S/C28H26N4O5/c1-34-19-11-9-18(10-12-19)21-13-14-29-27(30-21)31-23-15-35-26-24(16-36-25(23)26)37-28(33)32-22-8-4-6-17-5-2-3-7-20(17)22/h2-14,23-26H,15-16H2,1H3,(H,32,33)(H,29,30,31)/t23-,24+,25+,26+/m0/s1. The van der Waals surface area contributed by atoms with Gasteiger partial charge < -0.3 is 24.3 Å². The Bertz CT molecular complexity index is 1410. The third-order valence-electron chi connectivity index (χ3n) is 6.65. The number of hydrogen-bond donors (Lipinski definition) is 2. The second kappa shape index (κ2) is 10.0. The number of anilines is 2. The Balaban J connectivity index is 1.08.